The van der Waals surface area contributed by atoms with Crippen molar-refractivity contribution in [3.05, 3.63) is 22.4 Å². The highest BCUT2D eigenvalue weighted by atomic mass is 32.1. The van der Waals surface area contributed by atoms with Crippen molar-refractivity contribution >= 4 is 17.2 Å². The molecule has 1 aliphatic carbocycles. The Bertz CT molecular complexity index is 410. The second kappa shape index (κ2) is 6.03. The maximum atomic E-state index is 12.2. The van der Waals surface area contributed by atoms with Gasteiger partial charge in [0.1, 0.15) is 0 Å². The van der Waals surface area contributed by atoms with Gasteiger partial charge < -0.3 is 16.0 Å². The molecule has 0 radical (unpaired) electrons. The van der Waals surface area contributed by atoms with Gasteiger partial charge in [0.15, 0.2) is 0 Å². The Morgan fingerprint density at radius 2 is 2.21 bits per heavy atom. The third-order valence-electron chi connectivity index (χ3n) is 3.90. The van der Waals surface area contributed by atoms with E-state index in [0.29, 0.717) is 6.54 Å². The molecule has 1 atom stereocenters. The first-order valence-corrected chi connectivity index (χ1v) is 7.68. The van der Waals surface area contributed by atoms with E-state index in [-0.39, 0.29) is 11.9 Å². The van der Waals surface area contributed by atoms with E-state index in [0.717, 1.165) is 25.7 Å². The topological polar surface area (TPSA) is 58.4 Å². The summed E-state index contributed by atoms with van der Waals surface area (Å²) < 4.78 is 0. The predicted octanol–water partition coefficient (Wildman–Crippen LogP) is 1.74. The van der Waals surface area contributed by atoms with Crippen molar-refractivity contribution < 1.29 is 4.79 Å². The van der Waals surface area contributed by atoms with Crippen LogP contribution in [0.1, 0.15) is 36.6 Å². The molecule has 19 heavy (non-hydrogen) atoms. The number of hydrogen-bond donors (Lipinski definition) is 2. The molecule has 0 aromatic carbocycles. The molecule has 0 aliphatic heterocycles. The minimum absolute atomic E-state index is 0.00778. The second-order valence-electron chi connectivity index (χ2n) is 5.57. The molecular formula is C14H23N3OS. The minimum Gasteiger partial charge on any atom is -0.353 e. The highest BCUT2D eigenvalue weighted by Gasteiger charge is 2.37. The number of thiophene rings is 1. The van der Waals surface area contributed by atoms with E-state index in [1.807, 2.05) is 20.2 Å². The van der Waals surface area contributed by atoms with Gasteiger partial charge in [0.05, 0.1) is 11.6 Å². The Kier molecular flexibility index (Phi) is 4.60. The first kappa shape index (κ1) is 14.5. The Labute approximate surface area is 119 Å². The normalized spacial score (nSPS) is 19.6. The van der Waals surface area contributed by atoms with Crippen LogP contribution in [0.15, 0.2) is 17.5 Å². The van der Waals surface area contributed by atoms with Crippen LogP contribution in [0.3, 0.4) is 0 Å². The Hall–Kier alpha value is -0.910. The first-order valence-electron chi connectivity index (χ1n) is 6.80. The van der Waals surface area contributed by atoms with Crippen molar-refractivity contribution in [2.24, 2.45) is 5.73 Å². The van der Waals surface area contributed by atoms with Crippen molar-refractivity contribution in [3.63, 3.8) is 0 Å². The number of amides is 1. The van der Waals surface area contributed by atoms with Gasteiger partial charge in [-0.2, -0.15) is 0 Å². The van der Waals surface area contributed by atoms with E-state index in [1.54, 1.807) is 11.3 Å². The number of carbonyl (C=O) groups is 1. The average Bonchev–Trinajstić information content (AvgIpc) is 3.01. The van der Waals surface area contributed by atoms with Gasteiger partial charge in [0, 0.05) is 11.4 Å². The smallest absolute Gasteiger partial charge is 0.240 e. The summed E-state index contributed by atoms with van der Waals surface area (Å²) in [6, 6.07) is 4.36. The van der Waals surface area contributed by atoms with Crippen molar-refractivity contribution in [2.45, 2.75) is 37.3 Å². The van der Waals surface area contributed by atoms with Crippen molar-refractivity contribution in [1.82, 2.24) is 10.2 Å². The molecule has 1 aromatic rings. The molecule has 1 amide bonds. The molecule has 1 saturated carbocycles. The summed E-state index contributed by atoms with van der Waals surface area (Å²) in [6.07, 6.45) is 3.74. The summed E-state index contributed by atoms with van der Waals surface area (Å²) >= 11 is 1.72. The number of nitrogens with one attached hydrogen (secondary N) is 1. The summed E-state index contributed by atoms with van der Waals surface area (Å²) in [6.45, 7) is 0.616. The molecule has 3 N–H and O–H groups in total. The van der Waals surface area contributed by atoms with Gasteiger partial charge in [0.2, 0.25) is 5.91 Å². The zero-order valence-electron chi connectivity index (χ0n) is 11.7. The summed E-state index contributed by atoms with van der Waals surface area (Å²) in [7, 11) is 4.06. The van der Waals surface area contributed by atoms with Crippen molar-refractivity contribution in [1.29, 1.82) is 0 Å². The third kappa shape index (κ3) is 3.35. The molecule has 0 spiro atoms. The van der Waals surface area contributed by atoms with Crippen LogP contribution in [-0.4, -0.2) is 37.0 Å². The van der Waals surface area contributed by atoms with Crippen LogP contribution in [-0.2, 0) is 4.79 Å². The maximum Gasteiger partial charge on any atom is 0.240 e. The van der Waals surface area contributed by atoms with Gasteiger partial charge >= 0.3 is 0 Å². The van der Waals surface area contributed by atoms with Crippen LogP contribution in [0, 0.1) is 0 Å². The van der Waals surface area contributed by atoms with Crippen LogP contribution >= 0.6 is 11.3 Å². The fourth-order valence-corrected chi connectivity index (χ4v) is 3.54. The summed E-state index contributed by atoms with van der Waals surface area (Å²) in [5.74, 6) is 0.00778. The lowest BCUT2D eigenvalue weighted by Crippen LogP contribution is -2.53. The average molecular weight is 281 g/mol. The predicted molar refractivity (Wildman–Crippen MR) is 79.1 cm³/mol. The lowest BCUT2D eigenvalue weighted by Gasteiger charge is -2.27. The van der Waals surface area contributed by atoms with E-state index < -0.39 is 5.54 Å². The number of carbonyl (C=O) groups excluding carboxylic acids is 1. The molecule has 1 aliphatic rings. The van der Waals surface area contributed by atoms with E-state index >= 15 is 0 Å². The SMILES string of the molecule is CN(C)C(CNC(=O)C1(N)CCCC1)c1cccs1. The highest BCUT2D eigenvalue weighted by Crippen LogP contribution is 2.28. The maximum absolute atomic E-state index is 12.2. The highest BCUT2D eigenvalue weighted by molar-refractivity contribution is 7.10. The molecule has 5 heteroatoms. The van der Waals surface area contributed by atoms with Gasteiger partial charge in [0.25, 0.3) is 0 Å². The summed E-state index contributed by atoms with van der Waals surface area (Å²) in [5.41, 5.74) is 5.53. The standard InChI is InChI=1S/C14H23N3OS/c1-17(2)11(12-6-5-9-19-12)10-16-13(18)14(15)7-3-4-8-14/h5-6,9,11H,3-4,7-8,10,15H2,1-2H3,(H,16,18). The Balaban J connectivity index is 1.94. The lowest BCUT2D eigenvalue weighted by molar-refractivity contribution is -0.126. The Morgan fingerprint density at radius 1 is 1.53 bits per heavy atom. The van der Waals surface area contributed by atoms with Crippen molar-refractivity contribution in [3.8, 4) is 0 Å². The van der Waals surface area contributed by atoms with Gasteiger partial charge in [-0.1, -0.05) is 18.9 Å². The van der Waals surface area contributed by atoms with Crippen LogP contribution in [0.2, 0.25) is 0 Å². The zero-order valence-corrected chi connectivity index (χ0v) is 12.5. The number of nitrogens with two attached hydrogens (primary N) is 1. The number of rotatable bonds is 5. The minimum atomic E-state index is -0.633. The largest absolute Gasteiger partial charge is 0.353 e. The van der Waals surface area contributed by atoms with Crippen molar-refractivity contribution in [2.75, 3.05) is 20.6 Å². The molecule has 4 nitrogen and oxygen atoms in total. The van der Waals surface area contributed by atoms with Crippen LogP contribution in [0.25, 0.3) is 0 Å². The van der Waals surface area contributed by atoms with Gasteiger partial charge in [-0.05, 0) is 38.4 Å². The summed E-state index contributed by atoms with van der Waals surface area (Å²) in [5, 5.41) is 5.10. The van der Waals surface area contributed by atoms with Gasteiger partial charge in [-0.3, -0.25) is 4.79 Å². The molecule has 106 valence electrons. The van der Waals surface area contributed by atoms with E-state index in [2.05, 4.69) is 21.7 Å². The van der Waals surface area contributed by atoms with Crippen LogP contribution in [0.5, 0.6) is 0 Å². The van der Waals surface area contributed by atoms with E-state index in [9.17, 15) is 4.79 Å². The first-order chi connectivity index (χ1) is 9.03. The summed E-state index contributed by atoms with van der Waals surface area (Å²) in [4.78, 5) is 15.6. The molecule has 2 rings (SSSR count). The number of nitrogens with zero attached hydrogens (tertiary/aromatic N) is 1. The molecule has 0 bridgehead atoms. The molecule has 1 heterocycles. The lowest BCUT2D eigenvalue weighted by atomic mass is 9.98. The van der Waals surface area contributed by atoms with E-state index in [1.165, 1.54) is 4.88 Å². The second-order valence-corrected chi connectivity index (χ2v) is 6.55. The van der Waals surface area contributed by atoms with Gasteiger partial charge in [-0.25, -0.2) is 0 Å². The number of likely N-dealkylation sites (N-methyl/N-ethyl adjacent to an activating group) is 1. The fourth-order valence-electron chi connectivity index (χ4n) is 2.62. The molecule has 1 unspecified atom stereocenters. The zero-order chi connectivity index (χ0) is 13.9. The molecule has 1 aromatic heterocycles. The Morgan fingerprint density at radius 3 is 2.74 bits per heavy atom. The van der Waals surface area contributed by atoms with Gasteiger partial charge in [-0.15, -0.1) is 11.3 Å². The number of hydrogen-bond acceptors (Lipinski definition) is 4. The van der Waals surface area contributed by atoms with E-state index in [4.69, 9.17) is 5.73 Å². The quantitative estimate of drug-likeness (QED) is 0.864. The third-order valence-corrected chi connectivity index (χ3v) is 4.87. The molecule has 0 saturated heterocycles. The molecule has 1 fully saturated rings. The van der Waals surface area contributed by atoms with Crippen LogP contribution < -0.4 is 11.1 Å². The molecular weight excluding hydrogens is 258 g/mol. The van der Waals surface area contributed by atoms with Crippen LogP contribution in [0.4, 0.5) is 0 Å². The monoisotopic (exact) mass is 281 g/mol. The fraction of sp³-hybridized carbons (Fsp3) is 0.643.